The highest BCUT2D eigenvalue weighted by molar-refractivity contribution is 6.30. The summed E-state index contributed by atoms with van der Waals surface area (Å²) in [5.74, 6) is 1.10. The van der Waals surface area contributed by atoms with Crippen LogP contribution in [0.4, 0.5) is 0 Å². The molecule has 2 N–H and O–H groups in total. The Morgan fingerprint density at radius 2 is 1.76 bits per heavy atom. The van der Waals surface area contributed by atoms with Gasteiger partial charge >= 0.3 is 5.69 Å². The maximum absolute atomic E-state index is 12.6. The van der Waals surface area contributed by atoms with Crippen molar-refractivity contribution < 1.29 is 9.52 Å². The molecule has 0 unspecified atom stereocenters. The van der Waals surface area contributed by atoms with Gasteiger partial charge in [-0.15, -0.1) is 0 Å². The van der Waals surface area contributed by atoms with Gasteiger partial charge in [0.2, 0.25) is 5.88 Å². The van der Waals surface area contributed by atoms with Crippen LogP contribution < -0.4 is 11.0 Å². The van der Waals surface area contributed by atoms with Crippen molar-refractivity contribution in [3.63, 3.8) is 0 Å². The molecule has 4 rings (SSSR count). The van der Waals surface area contributed by atoms with Crippen molar-refractivity contribution >= 4 is 17.8 Å². The smallest absolute Gasteiger partial charge is 0.351 e. The molecule has 2 aromatic heterocycles. The van der Waals surface area contributed by atoms with Crippen LogP contribution in [-0.2, 0) is 6.54 Å². The Morgan fingerprint density at radius 3 is 2.52 bits per heavy atom. The molecular weight excluding hydrogens is 442 g/mol. The van der Waals surface area contributed by atoms with E-state index < -0.39 is 0 Å². The quantitative estimate of drug-likeness (QED) is 0.348. The van der Waals surface area contributed by atoms with Crippen molar-refractivity contribution in [1.82, 2.24) is 19.5 Å². The van der Waals surface area contributed by atoms with Crippen LogP contribution in [0.5, 0.6) is 5.88 Å². The van der Waals surface area contributed by atoms with E-state index in [1.165, 1.54) is 17.0 Å². The van der Waals surface area contributed by atoms with Gasteiger partial charge in [-0.25, -0.2) is 4.79 Å². The highest BCUT2D eigenvalue weighted by atomic mass is 35.5. The number of unbranched alkanes of at least 4 members (excludes halogenated alkanes) is 3. The van der Waals surface area contributed by atoms with Gasteiger partial charge in [0.25, 0.3) is 0 Å². The number of nitrogens with zero attached hydrogens (tertiary/aromatic N) is 4. The van der Waals surface area contributed by atoms with E-state index in [0.717, 1.165) is 68.6 Å². The Labute approximate surface area is 198 Å². The first kappa shape index (κ1) is 23.4. The molecular formula is C24H30ClN5O3. The lowest BCUT2D eigenvalue weighted by Crippen LogP contribution is -2.43. The maximum atomic E-state index is 12.6. The summed E-state index contributed by atoms with van der Waals surface area (Å²) in [6, 6.07) is 10.9. The van der Waals surface area contributed by atoms with E-state index in [-0.39, 0.29) is 11.6 Å². The van der Waals surface area contributed by atoms with E-state index in [2.05, 4.69) is 15.3 Å². The second kappa shape index (κ2) is 11.4. The minimum Gasteiger partial charge on any atom is -0.493 e. The van der Waals surface area contributed by atoms with E-state index in [4.69, 9.17) is 16.0 Å². The molecule has 0 atom stereocenters. The summed E-state index contributed by atoms with van der Waals surface area (Å²) in [6.45, 7) is 6.00. The molecule has 3 heterocycles. The van der Waals surface area contributed by atoms with Crippen LogP contribution in [0.25, 0.3) is 11.3 Å². The first-order valence-electron chi connectivity index (χ1n) is 11.4. The second-order valence-electron chi connectivity index (χ2n) is 8.23. The number of hydrogen-bond donors (Lipinski definition) is 2. The minimum absolute atomic E-state index is 0.0840. The van der Waals surface area contributed by atoms with Crippen LogP contribution in [0.3, 0.4) is 0 Å². The van der Waals surface area contributed by atoms with Crippen LogP contribution in [0.15, 0.2) is 56.9 Å². The third-order valence-electron chi connectivity index (χ3n) is 5.82. The second-order valence-corrected chi connectivity index (χ2v) is 8.66. The van der Waals surface area contributed by atoms with Crippen LogP contribution in [0.2, 0.25) is 5.02 Å². The third-order valence-corrected chi connectivity index (χ3v) is 6.07. The summed E-state index contributed by atoms with van der Waals surface area (Å²) in [5.41, 5.74) is 0.530. The molecule has 176 valence electrons. The number of piperazine rings is 1. The van der Waals surface area contributed by atoms with Gasteiger partial charge in [-0.2, -0.15) is 9.78 Å². The molecule has 0 spiro atoms. The average molecular weight is 472 g/mol. The van der Waals surface area contributed by atoms with Gasteiger partial charge < -0.3 is 19.7 Å². The molecule has 0 aliphatic carbocycles. The maximum Gasteiger partial charge on any atom is 0.351 e. The number of rotatable bonds is 10. The summed E-state index contributed by atoms with van der Waals surface area (Å²) < 4.78 is 8.26. The van der Waals surface area contributed by atoms with E-state index >= 15 is 0 Å². The van der Waals surface area contributed by atoms with Gasteiger partial charge in [0.15, 0.2) is 0 Å². The van der Waals surface area contributed by atoms with Crippen molar-refractivity contribution in [3.05, 3.63) is 63.9 Å². The van der Waals surface area contributed by atoms with Crippen LogP contribution in [0.1, 0.15) is 31.4 Å². The predicted octanol–water partition coefficient (Wildman–Crippen LogP) is 3.62. The van der Waals surface area contributed by atoms with Gasteiger partial charge in [-0.1, -0.05) is 24.4 Å². The molecule has 0 saturated carbocycles. The molecule has 1 aromatic carbocycles. The van der Waals surface area contributed by atoms with E-state index in [1.54, 1.807) is 18.2 Å². The number of benzene rings is 1. The number of furan rings is 1. The summed E-state index contributed by atoms with van der Waals surface area (Å²) in [5, 5.41) is 18.4. The Morgan fingerprint density at radius 1 is 1.03 bits per heavy atom. The lowest BCUT2D eigenvalue weighted by atomic mass is 10.2. The molecule has 0 bridgehead atoms. The largest absolute Gasteiger partial charge is 0.493 e. The average Bonchev–Trinajstić information content (AvgIpc) is 3.40. The van der Waals surface area contributed by atoms with Gasteiger partial charge in [0, 0.05) is 43.3 Å². The predicted molar refractivity (Wildman–Crippen MR) is 130 cm³/mol. The van der Waals surface area contributed by atoms with Gasteiger partial charge in [-0.05, 0) is 55.8 Å². The molecule has 1 aliphatic heterocycles. The lowest BCUT2D eigenvalue weighted by molar-refractivity contribution is 0.235. The number of nitrogens with one attached hydrogen (secondary N) is 1. The zero-order valence-corrected chi connectivity index (χ0v) is 19.4. The van der Waals surface area contributed by atoms with Crippen LogP contribution in [0, 0.1) is 0 Å². The molecule has 1 fully saturated rings. The Balaban J connectivity index is 1.27. The lowest BCUT2D eigenvalue weighted by Gasteiger charge is -2.27. The third kappa shape index (κ3) is 6.37. The van der Waals surface area contributed by atoms with Crippen molar-refractivity contribution in [3.8, 4) is 17.2 Å². The van der Waals surface area contributed by atoms with Crippen molar-refractivity contribution in [2.24, 2.45) is 5.10 Å². The van der Waals surface area contributed by atoms with Gasteiger partial charge in [-0.3, -0.25) is 4.57 Å². The summed E-state index contributed by atoms with van der Waals surface area (Å²) in [6.07, 6.45) is 6.92. The molecule has 9 heteroatoms. The van der Waals surface area contributed by atoms with Crippen LogP contribution in [-0.4, -0.2) is 58.2 Å². The SMILES string of the molecule is O=c1n(N=Cc2ccc(-c3ccc(Cl)cc3)o2)cc(O)n1CCCCCCN1CCNCC1. The fourth-order valence-electron chi connectivity index (χ4n) is 3.95. The van der Waals surface area contributed by atoms with E-state index in [9.17, 15) is 9.90 Å². The molecule has 33 heavy (non-hydrogen) atoms. The Hall–Kier alpha value is -2.81. The van der Waals surface area contributed by atoms with Crippen molar-refractivity contribution in [2.75, 3.05) is 32.7 Å². The van der Waals surface area contributed by atoms with Gasteiger partial charge in [0.05, 0.1) is 12.4 Å². The summed E-state index contributed by atoms with van der Waals surface area (Å²) >= 11 is 5.92. The number of hydrogen-bond acceptors (Lipinski definition) is 6. The summed E-state index contributed by atoms with van der Waals surface area (Å²) in [7, 11) is 0. The molecule has 8 nitrogen and oxygen atoms in total. The zero-order chi connectivity index (χ0) is 23.0. The molecule has 0 radical (unpaired) electrons. The van der Waals surface area contributed by atoms with Crippen molar-refractivity contribution in [1.29, 1.82) is 0 Å². The van der Waals surface area contributed by atoms with Gasteiger partial charge in [0.1, 0.15) is 11.5 Å². The number of halogens is 1. The molecule has 0 amide bonds. The zero-order valence-electron chi connectivity index (χ0n) is 18.6. The normalized spacial score (nSPS) is 14.9. The minimum atomic E-state index is -0.367. The Kier molecular flexibility index (Phi) is 8.04. The van der Waals surface area contributed by atoms with E-state index in [0.29, 0.717) is 23.1 Å². The monoisotopic (exact) mass is 471 g/mol. The molecule has 1 aliphatic rings. The molecule has 3 aromatic rings. The van der Waals surface area contributed by atoms with E-state index in [1.807, 2.05) is 18.2 Å². The van der Waals surface area contributed by atoms with Crippen LogP contribution >= 0.6 is 11.6 Å². The number of imidazole rings is 1. The first-order valence-corrected chi connectivity index (χ1v) is 11.8. The summed E-state index contributed by atoms with van der Waals surface area (Å²) in [4.78, 5) is 15.1. The fraction of sp³-hybridized carbons (Fsp3) is 0.417. The first-order chi connectivity index (χ1) is 16.1. The molecule has 1 saturated heterocycles. The number of aromatic nitrogens is 2. The number of aromatic hydroxyl groups is 1. The fourth-order valence-corrected chi connectivity index (χ4v) is 4.08. The van der Waals surface area contributed by atoms with Crippen molar-refractivity contribution in [2.45, 2.75) is 32.2 Å². The highest BCUT2D eigenvalue weighted by Crippen LogP contribution is 2.23. The highest BCUT2D eigenvalue weighted by Gasteiger charge is 2.11. The topological polar surface area (TPSA) is 87.9 Å². The standard InChI is InChI=1S/C24H30ClN5O3/c25-20-7-5-19(6-8-20)22-10-9-21(33-22)17-27-30-18-23(31)29(24(30)32)14-4-2-1-3-13-28-15-11-26-12-16-28/h5-10,17-18,26,31H,1-4,11-16H2. The Bertz CT molecular complexity index is 1110.